The van der Waals surface area contributed by atoms with Crippen LogP contribution < -0.4 is 9.62 Å². The summed E-state index contributed by atoms with van der Waals surface area (Å²) in [5, 5.41) is 0.286. The lowest BCUT2D eigenvalue weighted by Crippen LogP contribution is -2.44. The number of nitrogens with one attached hydrogen (secondary N) is 1. The van der Waals surface area contributed by atoms with Crippen molar-refractivity contribution in [2.24, 2.45) is 0 Å². The molecule has 4 rings (SSSR count). The first-order valence-electron chi connectivity index (χ1n) is 10.0. The van der Waals surface area contributed by atoms with Crippen molar-refractivity contribution >= 4 is 33.3 Å². The Balaban J connectivity index is 1.64. The molecule has 0 saturated carbocycles. The maximum atomic E-state index is 14.0. The molecule has 32 heavy (non-hydrogen) atoms. The van der Waals surface area contributed by atoms with Gasteiger partial charge in [-0.2, -0.15) is 0 Å². The van der Waals surface area contributed by atoms with Crippen LogP contribution in [0.3, 0.4) is 0 Å². The Morgan fingerprint density at radius 2 is 2.06 bits per heavy atom. The van der Waals surface area contributed by atoms with Crippen LogP contribution in [0, 0.1) is 12.7 Å². The Hall–Kier alpha value is -2.75. The van der Waals surface area contributed by atoms with Crippen molar-refractivity contribution in [1.29, 1.82) is 0 Å². The number of hydrogen-bond donors (Lipinski definition) is 1. The highest BCUT2D eigenvalue weighted by molar-refractivity contribution is 7.92. The lowest BCUT2D eigenvalue weighted by atomic mass is 10.0. The monoisotopic (exact) mass is 476 g/mol. The third-order valence-corrected chi connectivity index (χ3v) is 6.95. The fourth-order valence-electron chi connectivity index (χ4n) is 3.54. The maximum absolute atomic E-state index is 14.0. The normalized spacial score (nSPS) is 16.8. The average Bonchev–Trinajstić information content (AvgIpc) is 2.77. The molecule has 7 nitrogen and oxygen atoms in total. The molecule has 1 atom stereocenters. The molecule has 10 heteroatoms. The largest absolute Gasteiger partial charge is 0.377 e. The molecule has 1 aromatic carbocycles. The number of morpholine rings is 1. The van der Waals surface area contributed by atoms with Gasteiger partial charge in [0.15, 0.2) is 0 Å². The molecule has 168 valence electrons. The van der Waals surface area contributed by atoms with Crippen molar-refractivity contribution in [1.82, 2.24) is 9.97 Å². The van der Waals surface area contributed by atoms with Crippen molar-refractivity contribution in [3.05, 3.63) is 65.1 Å². The van der Waals surface area contributed by atoms with Gasteiger partial charge in [0.1, 0.15) is 17.5 Å². The minimum Gasteiger partial charge on any atom is -0.377 e. The zero-order valence-corrected chi connectivity index (χ0v) is 19.1. The molecule has 1 N–H and O–H groups in total. The summed E-state index contributed by atoms with van der Waals surface area (Å²) in [6.07, 6.45) is 1.46. The van der Waals surface area contributed by atoms with E-state index in [1.165, 1.54) is 36.5 Å². The zero-order chi connectivity index (χ0) is 22.9. The molecule has 0 amide bonds. The summed E-state index contributed by atoms with van der Waals surface area (Å²) in [7, 11) is -3.95. The summed E-state index contributed by atoms with van der Waals surface area (Å²) < 4.78 is 48.0. The van der Waals surface area contributed by atoms with E-state index in [9.17, 15) is 12.8 Å². The van der Waals surface area contributed by atoms with Gasteiger partial charge in [0.2, 0.25) is 0 Å². The lowest BCUT2D eigenvalue weighted by Gasteiger charge is -2.34. The van der Waals surface area contributed by atoms with Crippen molar-refractivity contribution < 1.29 is 17.5 Å². The number of halogens is 2. The van der Waals surface area contributed by atoms with E-state index in [1.807, 2.05) is 11.8 Å². The first-order chi connectivity index (χ1) is 15.3. The van der Waals surface area contributed by atoms with Crippen LogP contribution in [0.25, 0.3) is 11.3 Å². The number of nitrogens with zero attached hydrogens (tertiary/aromatic N) is 3. The molecule has 0 bridgehead atoms. The van der Waals surface area contributed by atoms with Crippen LogP contribution in [0.4, 0.5) is 16.0 Å². The summed E-state index contributed by atoms with van der Waals surface area (Å²) in [6.45, 7) is 5.34. The molecule has 0 aliphatic carbocycles. The van der Waals surface area contributed by atoms with E-state index in [0.717, 1.165) is 0 Å². The Labute approximate surface area is 191 Å². The van der Waals surface area contributed by atoms with Crippen LogP contribution in [-0.2, 0) is 14.8 Å². The summed E-state index contributed by atoms with van der Waals surface area (Å²) in [4.78, 5) is 10.7. The summed E-state index contributed by atoms with van der Waals surface area (Å²) >= 11 is 6.28. The fourth-order valence-corrected chi connectivity index (χ4v) is 4.75. The van der Waals surface area contributed by atoms with Gasteiger partial charge in [0, 0.05) is 24.4 Å². The standard InChI is InChI=1S/C22H22ClFN4O3S/c1-14-13-31-11-10-28(14)21-12-16(8-9-25-21)32(29,30)27-20-7-6-18(23)22(26-20)17-4-3-5-19(24)15(17)2/h3-9,12,14H,10-11,13H2,1-2H3,(H,26,27). The molecule has 0 radical (unpaired) electrons. The second kappa shape index (κ2) is 9.01. The van der Waals surface area contributed by atoms with E-state index in [4.69, 9.17) is 16.3 Å². The van der Waals surface area contributed by atoms with Crippen molar-refractivity contribution in [2.45, 2.75) is 24.8 Å². The van der Waals surface area contributed by atoms with Gasteiger partial charge in [0.05, 0.1) is 34.9 Å². The van der Waals surface area contributed by atoms with E-state index in [-0.39, 0.29) is 21.8 Å². The molecule has 1 fully saturated rings. The molecule has 0 spiro atoms. The predicted octanol–water partition coefficient (Wildman–Crippen LogP) is 4.27. The highest BCUT2D eigenvalue weighted by Crippen LogP contribution is 2.31. The van der Waals surface area contributed by atoms with Crippen LogP contribution >= 0.6 is 11.6 Å². The van der Waals surface area contributed by atoms with Gasteiger partial charge < -0.3 is 9.64 Å². The summed E-state index contributed by atoms with van der Waals surface area (Å²) in [5.41, 5.74) is 1.16. The molecule has 1 aliphatic rings. The van der Waals surface area contributed by atoms with E-state index < -0.39 is 15.8 Å². The van der Waals surface area contributed by atoms with Gasteiger partial charge in [-0.3, -0.25) is 4.72 Å². The number of anilines is 2. The second-order valence-corrected chi connectivity index (χ2v) is 9.60. The fraction of sp³-hybridized carbons (Fsp3) is 0.273. The molecule has 3 heterocycles. The first-order valence-corrected chi connectivity index (χ1v) is 11.9. The van der Waals surface area contributed by atoms with Crippen molar-refractivity contribution in [3.8, 4) is 11.3 Å². The Morgan fingerprint density at radius 1 is 1.25 bits per heavy atom. The molecular formula is C22H22ClFN4O3S. The highest BCUT2D eigenvalue weighted by atomic mass is 35.5. The molecule has 1 aliphatic heterocycles. The SMILES string of the molecule is Cc1c(F)cccc1-c1nc(NS(=O)(=O)c2ccnc(N3CCOCC3C)c2)ccc1Cl. The van der Waals surface area contributed by atoms with E-state index in [1.54, 1.807) is 19.1 Å². The predicted molar refractivity (Wildman–Crippen MR) is 122 cm³/mol. The number of hydrogen-bond acceptors (Lipinski definition) is 6. The smallest absolute Gasteiger partial charge is 0.263 e. The van der Waals surface area contributed by atoms with E-state index >= 15 is 0 Å². The lowest BCUT2D eigenvalue weighted by molar-refractivity contribution is 0.0985. The number of benzene rings is 1. The van der Waals surface area contributed by atoms with Gasteiger partial charge in [0.25, 0.3) is 10.0 Å². The summed E-state index contributed by atoms with van der Waals surface area (Å²) in [5.74, 6) is 0.239. The maximum Gasteiger partial charge on any atom is 0.263 e. The minimum atomic E-state index is -3.95. The summed E-state index contributed by atoms with van der Waals surface area (Å²) in [6, 6.07) is 10.6. The van der Waals surface area contributed by atoms with Crippen LogP contribution in [0.1, 0.15) is 12.5 Å². The Morgan fingerprint density at radius 3 is 2.84 bits per heavy atom. The molecule has 2 aromatic heterocycles. The van der Waals surface area contributed by atoms with Crippen molar-refractivity contribution in [2.75, 3.05) is 29.4 Å². The van der Waals surface area contributed by atoms with Crippen LogP contribution in [0.2, 0.25) is 5.02 Å². The average molecular weight is 477 g/mol. The number of rotatable bonds is 5. The number of pyridine rings is 2. The third-order valence-electron chi connectivity index (χ3n) is 5.30. The van der Waals surface area contributed by atoms with Crippen LogP contribution in [-0.4, -0.2) is 44.2 Å². The number of ether oxygens (including phenoxy) is 1. The quantitative estimate of drug-likeness (QED) is 0.592. The molecule has 1 unspecified atom stereocenters. The van der Waals surface area contributed by atoms with E-state index in [2.05, 4.69) is 14.7 Å². The highest BCUT2D eigenvalue weighted by Gasteiger charge is 2.23. The van der Waals surface area contributed by atoms with E-state index in [0.29, 0.717) is 42.4 Å². The van der Waals surface area contributed by atoms with Crippen molar-refractivity contribution in [3.63, 3.8) is 0 Å². The van der Waals surface area contributed by atoms with Gasteiger partial charge in [-0.15, -0.1) is 0 Å². The Bertz CT molecular complexity index is 1260. The van der Waals surface area contributed by atoms with Gasteiger partial charge in [-0.05, 0) is 43.7 Å². The van der Waals surface area contributed by atoms with Crippen LogP contribution in [0.5, 0.6) is 0 Å². The van der Waals surface area contributed by atoms with Crippen LogP contribution in [0.15, 0.2) is 53.6 Å². The third kappa shape index (κ3) is 4.55. The topological polar surface area (TPSA) is 84.4 Å². The Kier molecular flexibility index (Phi) is 6.32. The number of aromatic nitrogens is 2. The molecular weight excluding hydrogens is 455 g/mol. The van der Waals surface area contributed by atoms with Gasteiger partial charge >= 0.3 is 0 Å². The van der Waals surface area contributed by atoms with Gasteiger partial charge in [-0.1, -0.05) is 23.7 Å². The second-order valence-electron chi connectivity index (χ2n) is 7.51. The van der Waals surface area contributed by atoms with Gasteiger partial charge in [-0.25, -0.2) is 22.8 Å². The minimum absolute atomic E-state index is 0.0569. The molecule has 1 saturated heterocycles. The molecule has 3 aromatic rings. The zero-order valence-electron chi connectivity index (χ0n) is 17.5. The first kappa shape index (κ1) is 22.4. The number of sulfonamides is 1.